The molecule has 0 atom stereocenters. The molecule has 0 aliphatic heterocycles. The molecule has 0 saturated carbocycles. The van der Waals surface area contributed by atoms with Crippen LogP contribution < -0.4 is 5.56 Å². The minimum atomic E-state index is -0.0968. The minimum Gasteiger partial charge on any atom is -0.388 e. The van der Waals surface area contributed by atoms with Gasteiger partial charge in [-0.15, -0.1) is 0 Å². The normalized spacial score (nSPS) is 9.60. The van der Waals surface area contributed by atoms with Gasteiger partial charge in [0.05, 0.1) is 5.39 Å². The maximum Gasteiger partial charge on any atom is 0.256 e. The highest BCUT2D eigenvalue weighted by molar-refractivity contribution is 5.91. The van der Waals surface area contributed by atoms with Crippen molar-refractivity contribution in [3.05, 3.63) is 52.2 Å². The van der Waals surface area contributed by atoms with Gasteiger partial charge in [-0.3, -0.25) is 9.78 Å². The number of pyridine rings is 2. The van der Waals surface area contributed by atoms with E-state index >= 15 is 0 Å². The van der Waals surface area contributed by atoms with Gasteiger partial charge in [0.2, 0.25) is 0 Å². The average Bonchev–Trinajstić information content (AvgIpc) is 2.39. The maximum absolute atomic E-state index is 11.9. The average molecular weight is 272 g/mol. The van der Waals surface area contributed by atoms with Gasteiger partial charge in [-0.25, -0.2) is 0 Å². The number of hydrogen-bond donors (Lipinski definition) is 1. The molecule has 0 aromatic carbocycles. The molecule has 2 heterocycles. The van der Waals surface area contributed by atoms with Gasteiger partial charge in [-0.2, -0.15) is 0 Å². The zero-order chi connectivity index (χ0) is 15.1. The third-order valence-corrected chi connectivity index (χ3v) is 2.53. The number of aromatic amines is 1. The Morgan fingerprint density at radius 3 is 2.55 bits per heavy atom. The van der Waals surface area contributed by atoms with Crippen molar-refractivity contribution in [3.63, 3.8) is 0 Å². The molecule has 2 rings (SSSR count). The standard InChI is InChI=1S/C14H14N2O.C2H6O/c1-4-10-12-8-15-6-5-11(12)14(17)16-13(10)7-9(2)3;1-3-2/h4-8H,1H2,2-3H3,(H,16,17);1-2H3. The van der Waals surface area contributed by atoms with E-state index in [1.54, 1.807) is 38.8 Å². The summed E-state index contributed by atoms with van der Waals surface area (Å²) in [6, 6.07) is 1.72. The van der Waals surface area contributed by atoms with Crippen LogP contribution in [0.4, 0.5) is 0 Å². The molecule has 1 N–H and O–H groups in total. The molecule has 0 aliphatic rings. The summed E-state index contributed by atoms with van der Waals surface area (Å²) in [5.41, 5.74) is 2.71. The summed E-state index contributed by atoms with van der Waals surface area (Å²) in [4.78, 5) is 18.8. The predicted molar refractivity (Wildman–Crippen MR) is 84.7 cm³/mol. The lowest BCUT2D eigenvalue weighted by atomic mass is 10.0. The second-order valence-corrected chi connectivity index (χ2v) is 4.54. The number of allylic oxidation sites excluding steroid dienone is 1. The van der Waals surface area contributed by atoms with Gasteiger partial charge in [-0.1, -0.05) is 18.2 Å². The van der Waals surface area contributed by atoms with Crippen LogP contribution >= 0.6 is 0 Å². The first-order chi connectivity index (χ1) is 9.54. The van der Waals surface area contributed by atoms with E-state index in [2.05, 4.69) is 21.3 Å². The lowest BCUT2D eigenvalue weighted by Crippen LogP contribution is -2.09. The van der Waals surface area contributed by atoms with E-state index in [4.69, 9.17) is 0 Å². The molecule has 106 valence electrons. The molecule has 4 nitrogen and oxygen atoms in total. The van der Waals surface area contributed by atoms with Crippen LogP contribution in [0.15, 0.2) is 35.4 Å². The molecule has 0 radical (unpaired) electrons. The lowest BCUT2D eigenvalue weighted by molar-refractivity contribution is 0.277. The number of nitrogens with one attached hydrogen (secondary N) is 1. The van der Waals surface area contributed by atoms with E-state index in [-0.39, 0.29) is 5.56 Å². The number of fused-ring (bicyclic) bond motifs is 1. The molecule has 0 spiro atoms. The second-order valence-electron chi connectivity index (χ2n) is 4.54. The van der Waals surface area contributed by atoms with Gasteiger partial charge in [0.25, 0.3) is 5.56 Å². The lowest BCUT2D eigenvalue weighted by Gasteiger charge is -2.06. The van der Waals surface area contributed by atoms with E-state index in [1.807, 2.05) is 19.9 Å². The van der Waals surface area contributed by atoms with Crippen LogP contribution in [0.25, 0.3) is 22.9 Å². The summed E-state index contributed by atoms with van der Waals surface area (Å²) >= 11 is 0. The molecule has 20 heavy (non-hydrogen) atoms. The Hall–Kier alpha value is -2.20. The van der Waals surface area contributed by atoms with Crippen LogP contribution in [0.1, 0.15) is 25.1 Å². The fourth-order valence-electron chi connectivity index (χ4n) is 1.83. The number of ether oxygens (including phenoxy) is 1. The molecule has 0 saturated heterocycles. The van der Waals surface area contributed by atoms with Crippen LogP contribution in [0.3, 0.4) is 0 Å². The van der Waals surface area contributed by atoms with Gasteiger partial charge in [0, 0.05) is 43.3 Å². The molecule has 0 aliphatic carbocycles. The van der Waals surface area contributed by atoms with E-state index in [0.717, 1.165) is 22.2 Å². The Labute approximate surface area is 118 Å². The van der Waals surface area contributed by atoms with Crippen LogP contribution in [0, 0.1) is 0 Å². The summed E-state index contributed by atoms with van der Waals surface area (Å²) in [7, 11) is 3.25. The van der Waals surface area contributed by atoms with Crippen molar-refractivity contribution >= 4 is 22.9 Å². The van der Waals surface area contributed by atoms with Gasteiger partial charge < -0.3 is 9.72 Å². The van der Waals surface area contributed by atoms with Crippen molar-refractivity contribution < 1.29 is 4.74 Å². The number of aromatic nitrogens is 2. The quantitative estimate of drug-likeness (QED) is 0.913. The zero-order valence-electron chi connectivity index (χ0n) is 12.4. The Balaban J connectivity index is 0.000000612. The van der Waals surface area contributed by atoms with Gasteiger partial charge in [0.15, 0.2) is 0 Å². The first-order valence-electron chi connectivity index (χ1n) is 6.22. The van der Waals surface area contributed by atoms with Crippen LogP contribution in [-0.4, -0.2) is 24.2 Å². The molecule has 0 bridgehead atoms. The Morgan fingerprint density at radius 2 is 2.00 bits per heavy atom. The Kier molecular flexibility index (Phi) is 5.87. The molecule has 0 unspecified atom stereocenters. The van der Waals surface area contributed by atoms with Crippen molar-refractivity contribution in [3.8, 4) is 0 Å². The number of H-pyrrole nitrogens is 1. The maximum atomic E-state index is 11.9. The second kappa shape index (κ2) is 7.40. The predicted octanol–water partition coefficient (Wildman–Crippen LogP) is 3.25. The molecule has 2 aromatic rings. The Morgan fingerprint density at radius 1 is 1.35 bits per heavy atom. The van der Waals surface area contributed by atoms with Gasteiger partial charge >= 0.3 is 0 Å². The summed E-state index contributed by atoms with van der Waals surface area (Å²) in [6.07, 6.45) is 6.99. The van der Waals surface area contributed by atoms with E-state index in [1.165, 1.54) is 0 Å². The number of methoxy groups -OCH3 is 1. The van der Waals surface area contributed by atoms with Crippen molar-refractivity contribution in [2.45, 2.75) is 13.8 Å². The largest absolute Gasteiger partial charge is 0.388 e. The van der Waals surface area contributed by atoms with Crippen molar-refractivity contribution in [1.29, 1.82) is 0 Å². The SMILES string of the molecule is C=Cc1c(C=C(C)C)[nH]c(=O)c2ccncc12.COC. The van der Waals surface area contributed by atoms with E-state index in [0.29, 0.717) is 5.39 Å². The van der Waals surface area contributed by atoms with Crippen molar-refractivity contribution in [1.82, 2.24) is 9.97 Å². The third kappa shape index (κ3) is 3.65. The summed E-state index contributed by atoms with van der Waals surface area (Å²) < 4.78 is 4.25. The number of rotatable bonds is 2. The fourth-order valence-corrected chi connectivity index (χ4v) is 1.83. The smallest absolute Gasteiger partial charge is 0.256 e. The van der Waals surface area contributed by atoms with Crippen LogP contribution in [-0.2, 0) is 4.74 Å². The highest BCUT2D eigenvalue weighted by atomic mass is 16.4. The fraction of sp³-hybridized carbons (Fsp3) is 0.250. The van der Waals surface area contributed by atoms with Gasteiger partial charge in [-0.05, 0) is 26.0 Å². The topological polar surface area (TPSA) is 55.0 Å². The third-order valence-electron chi connectivity index (χ3n) is 2.53. The summed E-state index contributed by atoms with van der Waals surface area (Å²) in [5.74, 6) is 0. The highest BCUT2D eigenvalue weighted by Crippen LogP contribution is 2.19. The van der Waals surface area contributed by atoms with E-state index in [9.17, 15) is 4.79 Å². The molecular weight excluding hydrogens is 252 g/mol. The first-order valence-corrected chi connectivity index (χ1v) is 6.22. The minimum absolute atomic E-state index is 0.0968. The first kappa shape index (κ1) is 15.9. The monoisotopic (exact) mass is 272 g/mol. The summed E-state index contributed by atoms with van der Waals surface area (Å²) in [6.45, 7) is 7.77. The molecule has 0 fully saturated rings. The number of hydrogen-bond acceptors (Lipinski definition) is 3. The van der Waals surface area contributed by atoms with Gasteiger partial charge in [0.1, 0.15) is 0 Å². The van der Waals surface area contributed by atoms with E-state index < -0.39 is 0 Å². The molecule has 0 amide bonds. The summed E-state index contributed by atoms with van der Waals surface area (Å²) in [5, 5.41) is 1.47. The highest BCUT2D eigenvalue weighted by Gasteiger charge is 2.07. The molecule has 2 aromatic heterocycles. The zero-order valence-corrected chi connectivity index (χ0v) is 12.4. The van der Waals surface area contributed by atoms with Crippen molar-refractivity contribution in [2.24, 2.45) is 0 Å². The molecular formula is C16H20N2O2. The van der Waals surface area contributed by atoms with Crippen molar-refractivity contribution in [2.75, 3.05) is 14.2 Å². The van der Waals surface area contributed by atoms with Crippen LogP contribution in [0.5, 0.6) is 0 Å². The number of nitrogens with zero attached hydrogens (tertiary/aromatic N) is 1. The van der Waals surface area contributed by atoms with Crippen LogP contribution in [0.2, 0.25) is 0 Å². The Bertz CT molecular complexity index is 680. The molecule has 4 heteroatoms.